The van der Waals surface area contributed by atoms with Crippen molar-refractivity contribution in [1.29, 1.82) is 0 Å². The van der Waals surface area contributed by atoms with E-state index in [0.717, 1.165) is 0 Å². The highest BCUT2D eigenvalue weighted by Crippen LogP contribution is 2.60. The van der Waals surface area contributed by atoms with Crippen LogP contribution in [0.1, 0.15) is 6.42 Å². The van der Waals surface area contributed by atoms with Gasteiger partial charge in [-0.05, 0) is 0 Å². The Kier molecular flexibility index (Phi) is 3.74. The number of alkyl halides is 11. The lowest BCUT2D eigenvalue weighted by atomic mass is 9.88. The maximum Gasteiger partial charge on any atom is 0.438 e. The van der Waals surface area contributed by atoms with Gasteiger partial charge in [0, 0.05) is 6.42 Å². The van der Waals surface area contributed by atoms with E-state index in [1.165, 1.54) is 0 Å². The van der Waals surface area contributed by atoms with Gasteiger partial charge in [-0.2, -0.15) is 43.9 Å². The van der Waals surface area contributed by atoms with Crippen molar-refractivity contribution in [2.75, 3.05) is 6.61 Å². The first-order valence-corrected chi connectivity index (χ1v) is 4.77. The van der Waals surface area contributed by atoms with Gasteiger partial charge in [-0.15, -0.1) is 0 Å². The van der Waals surface area contributed by atoms with Gasteiger partial charge in [-0.25, -0.2) is 4.39 Å². The standard InChI is InChI=1S/C8H5F11O/c9-4(10,1-3-2-20-3)6(12,13)5(11,7(14,15)16)8(17,18)19/h3H,1-2H2. The quantitative estimate of drug-likeness (QED) is 0.564. The summed E-state index contributed by atoms with van der Waals surface area (Å²) < 4.78 is 141. The van der Waals surface area contributed by atoms with Gasteiger partial charge >= 0.3 is 29.9 Å². The molecule has 1 heterocycles. The molecule has 0 N–H and O–H groups in total. The Morgan fingerprint density at radius 1 is 0.750 bits per heavy atom. The molecule has 1 fully saturated rings. The maximum absolute atomic E-state index is 13.0. The highest BCUT2D eigenvalue weighted by molar-refractivity contribution is 5.11. The predicted molar refractivity (Wildman–Crippen MR) is 40.2 cm³/mol. The molecule has 1 aliphatic rings. The predicted octanol–water partition coefficient (Wildman–Crippen LogP) is 3.88. The summed E-state index contributed by atoms with van der Waals surface area (Å²) in [6.07, 6.45) is -18.3. The molecule has 0 aliphatic carbocycles. The zero-order chi connectivity index (χ0) is 16.2. The Morgan fingerprint density at radius 2 is 1.10 bits per heavy atom. The summed E-state index contributed by atoms with van der Waals surface area (Å²) in [7, 11) is 0. The Balaban J connectivity index is 3.31. The molecule has 0 aromatic heterocycles. The number of halogens is 11. The van der Waals surface area contributed by atoms with Gasteiger partial charge in [0.05, 0.1) is 12.7 Å². The third-order valence-electron chi connectivity index (χ3n) is 2.56. The highest BCUT2D eigenvalue weighted by atomic mass is 19.4. The van der Waals surface area contributed by atoms with Crippen LogP contribution in [0.25, 0.3) is 0 Å². The van der Waals surface area contributed by atoms with Crippen LogP contribution >= 0.6 is 0 Å². The fraction of sp³-hybridized carbons (Fsp3) is 1.00. The first kappa shape index (κ1) is 17.2. The average Bonchev–Trinajstić information content (AvgIpc) is 2.95. The average molecular weight is 326 g/mol. The van der Waals surface area contributed by atoms with E-state index in [9.17, 15) is 48.3 Å². The topological polar surface area (TPSA) is 12.5 Å². The Morgan fingerprint density at radius 3 is 1.35 bits per heavy atom. The van der Waals surface area contributed by atoms with Crippen LogP contribution in [-0.4, -0.2) is 42.6 Å². The molecule has 1 rings (SSSR count). The first-order valence-electron chi connectivity index (χ1n) is 4.77. The van der Waals surface area contributed by atoms with Gasteiger partial charge in [0.25, 0.3) is 0 Å². The van der Waals surface area contributed by atoms with Gasteiger partial charge in [-0.1, -0.05) is 0 Å². The van der Waals surface area contributed by atoms with Gasteiger partial charge in [0.2, 0.25) is 0 Å². The van der Waals surface area contributed by atoms with Crippen LogP contribution in [0.15, 0.2) is 0 Å². The first-order chi connectivity index (χ1) is 8.58. The van der Waals surface area contributed by atoms with E-state index >= 15 is 0 Å². The van der Waals surface area contributed by atoms with Crippen molar-refractivity contribution < 1.29 is 53.0 Å². The molecule has 1 atom stereocenters. The lowest BCUT2D eigenvalue weighted by Gasteiger charge is -2.39. The molecular weight excluding hydrogens is 321 g/mol. The molecule has 0 amide bonds. The molecule has 0 aromatic carbocycles. The van der Waals surface area contributed by atoms with E-state index in [1.807, 2.05) is 0 Å². The minimum absolute atomic E-state index is 0.539. The Labute approximate surface area is 103 Å². The molecule has 1 aliphatic heterocycles. The molecule has 120 valence electrons. The van der Waals surface area contributed by atoms with Crippen molar-refractivity contribution >= 4 is 0 Å². The van der Waals surface area contributed by atoms with E-state index in [0.29, 0.717) is 0 Å². The van der Waals surface area contributed by atoms with Crippen LogP contribution in [0, 0.1) is 0 Å². The van der Waals surface area contributed by atoms with E-state index in [2.05, 4.69) is 4.74 Å². The summed E-state index contributed by atoms with van der Waals surface area (Å²) in [6.45, 7) is -0.539. The van der Waals surface area contributed by atoms with E-state index in [-0.39, 0.29) is 0 Å². The highest BCUT2D eigenvalue weighted by Gasteiger charge is 2.90. The minimum atomic E-state index is -7.37. The van der Waals surface area contributed by atoms with Crippen LogP contribution in [-0.2, 0) is 4.74 Å². The van der Waals surface area contributed by atoms with Gasteiger partial charge in [-0.3, -0.25) is 0 Å². The van der Waals surface area contributed by atoms with Crippen molar-refractivity contribution in [3.8, 4) is 0 Å². The monoisotopic (exact) mass is 326 g/mol. The van der Waals surface area contributed by atoms with Crippen molar-refractivity contribution in [2.24, 2.45) is 0 Å². The lowest BCUT2D eigenvalue weighted by molar-refractivity contribution is -0.427. The minimum Gasteiger partial charge on any atom is -0.373 e. The summed E-state index contributed by atoms with van der Waals surface area (Å²) >= 11 is 0. The van der Waals surface area contributed by atoms with E-state index < -0.39 is 49.0 Å². The van der Waals surface area contributed by atoms with Crippen LogP contribution in [0.3, 0.4) is 0 Å². The molecule has 0 bridgehead atoms. The summed E-state index contributed by atoms with van der Waals surface area (Å²) in [5.74, 6) is -12.9. The van der Waals surface area contributed by atoms with Crippen LogP contribution in [0.4, 0.5) is 48.3 Å². The normalized spacial score (nSPS) is 22.1. The van der Waals surface area contributed by atoms with E-state index in [4.69, 9.17) is 0 Å². The van der Waals surface area contributed by atoms with E-state index in [1.54, 1.807) is 0 Å². The molecule has 12 heteroatoms. The molecule has 1 nitrogen and oxygen atoms in total. The SMILES string of the molecule is FC(F)(F)C(F)(C(F)(F)F)C(F)(F)C(F)(F)CC1CO1. The Hall–Kier alpha value is -0.810. The van der Waals surface area contributed by atoms with Crippen LogP contribution in [0.5, 0.6) is 0 Å². The van der Waals surface area contributed by atoms with Gasteiger partial charge < -0.3 is 4.74 Å². The molecule has 0 aromatic rings. The summed E-state index contributed by atoms with van der Waals surface area (Å²) in [4.78, 5) is 0. The zero-order valence-corrected chi connectivity index (χ0v) is 9.06. The second kappa shape index (κ2) is 4.34. The molecule has 20 heavy (non-hydrogen) atoms. The van der Waals surface area contributed by atoms with Crippen molar-refractivity contribution in [1.82, 2.24) is 0 Å². The summed E-state index contributed by atoms with van der Waals surface area (Å²) in [5, 5.41) is 0. The molecular formula is C8H5F11O. The lowest BCUT2D eigenvalue weighted by Crippen LogP contribution is -2.70. The molecule has 1 unspecified atom stereocenters. The van der Waals surface area contributed by atoms with Crippen LogP contribution in [0.2, 0.25) is 0 Å². The molecule has 0 radical (unpaired) electrons. The maximum atomic E-state index is 13.0. The van der Waals surface area contributed by atoms with Gasteiger partial charge in [0.1, 0.15) is 0 Å². The fourth-order valence-corrected chi connectivity index (χ4v) is 1.37. The third kappa shape index (κ3) is 2.42. The largest absolute Gasteiger partial charge is 0.438 e. The Bertz CT molecular complexity index is 350. The summed E-state index contributed by atoms with van der Waals surface area (Å²) in [6, 6.07) is 0. The number of epoxide rings is 1. The second-order valence-electron chi connectivity index (χ2n) is 4.09. The number of hydrogen-bond donors (Lipinski definition) is 0. The van der Waals surface area contributed by atoms with Crippen molar-refractivity contribution in [3.05, 3.63) is 0 Å². The smallest absolute Gasteiger partial charge is 0.373 e. The van der Waals surface area contributed by atoms with Gasteiger partial charge in [0.15, 0.2) is 0 Å². The summed E-state index contributed by atoms with van der Waals surface area (Å²) in [5.41, 5.74) is -7.37. The molecule has 0 saturated carbocycles. The number of hydrogen-bond acceptors (Lipinski definition) is 1. The van der Waals surface area contributed by atoms with Crippen molar-refractivity contribution in [3.63, 3.8) is 0 Å². The number of rotatable bonds is 4. The second-order valence-corrected chi connectivity index (χ2v) is 4.09. The zero-order valence-electron chi connectivity index (χ0n) is 9.06. The third-order valence-corrected chi connectivity index (χ3v) is 2.56. The molecule has 1 saturated heterocycles. The number of ether oxygens (including phenoxy) is 1. The molecule has 0 spiro atoms. The van der Waals surface area contributed by atoms with Crippen LogP contribution < -0.4 is 0 Å². The fourth-order valence-electron chi connectivity index (χ4n) is 1.37. The van der Waals surface area contributed by atoms with Crippen molar-refractivity contribution in [2.45, 2.75) is 42.4 Å².